The van der Waals surface area contributed by atoms with Gasteiger partial charge >= 0.3 is 5.69 Å². The van der Waals surface area contributed by atoms with Crippen LogP contribution in [0.2, 0.25) is 0 Å². The molecular weight excluding hydrogens is 368 g/mol. The normalized spacial score (nSPS) is 10.7. The van der Waals surface area contributed by atoms with E-state index < -0.39 is 0 Å². The highest BCUT2D eigenvalue weighted by molar-refractivity contribution is 9.10. The topological polar surface area (TPSA) is 62.7 Å². The van der Waals surface area contributed by atoms with Crippen LogP contribution in [0.4, 0.5) is 5.69 Å². The van der Waals surface area contributed by atoms with E-state index in [1.165, 1.54) is 10.2 Å². The van der Waals surface area contributed by atoms with Crippen molar-refractivity contribution in [2.75, 3.05) is 5.32 Å². The summed E-state index contributed by atoms with van der Waals surface area (Å²) in [5, 5.41) is 7.59. The van der Waals surface area contributed by atoms with Crippen LogP contribution in [0.5, 0.6) is 0 Å². The minimum absolute atomic E-state index is 0.157. The maximum Gasteiger partial charge on any atom is 0.343 e. The quantitative estimate of drug-likeness (QED) is 0.652. The number of nitrogens with one attached hydrogen (secondary N) is 2. The van der Waals surface area contributed by atoms with Crippen LogP contribution in [0.15, 0.2) is 63.9 Å². The van der Waals surface area contributed by atoms with Crippen LogP contribution in [0.25, 0.3) is 0 Å². The van der Waals surface area contributed by atoms with Crippen molar-refractivity contribution in [1.82, 2.24) is 14.8 Å². The lowest BCUT2D eigenvalue weighted by Crippen LogP contribution is -2.18. The van der Waals surface area contributed by atoms with Crippen LogP contribution < -0.4 is 11.0 Å². The average Bonchev–Trinajstić information content (AvgIpc) is 2.95. The number of hydrogen-bond donors (Lipinski definition) is 2. The van der Waals surface area contributed by atoms with Crippen molar-refractivity contribution in [1.29, 1.82) is 0 Å². The molecule has 0 unspecified atom stereocenters. The smallest absolute Gasteiger partial charge is 0.343 e. The van der Waals surface area contributed by atoms with Gasteiger partial charge in [-0.25, -0.2) is 9.48 Å². The summed E-state index contributed by atoms with van der Waals surface area (Å²) in [6.07, 6.45) is 1.82. The average molecular weight is 387 g/mol. The van der Waals surface area contributed by atoms with Crippen molar-refractivity contribution < 1.29 is 0 Å². The molecule has 6 heteroatoms. The third-order valence-electron chi connectivity index (χ3n) is 3.71. The Labute approximate surface area is 148 Å². The Bertz CT molecular complexity index is 824. The van der Waals surface area contributed by atoms with Gasteiger partial charge in [-0.2, -0.15) is 5.10 Å². The number of aromatic amines is 1. The Morgan fingerprint density at radius 3 is 2.58 bits per heavy atom. The fourth-order valence-corrected chi connectivity index (χ4v) is 2.73. The molecule has 24 heavy (non-hydrogen) atoms. The predicted molar refractivity (Wildman–Crippen MR) is 99.1 cm³/mol. The molecular formula is C18H19BrN4O. The van der Waals surface area contributed by atoms with E-state index >= 15 is 0 Å². The Morgan fingerprint density at radius 2 is 1.83 bits per heavy atom. The number of benzene rings is 2. The van der Waals surface area contributed by atoms with Gasteiger partial charge in [0.25, 0.3) is 0 Å². The molecule has 0 radical (unpaired) electrons. The monoisotopic (exact) mass is 386 g/mol. The maximum absolute atomic E-state index is 11.9. The summed E-state index contributed by atoms with van der Waals surface area (Å²) >= 11 is 3.40. The van der Waals surface area contributed by atoms with Crippen LogP contribution in [0.3, 0.4) is 0 Å². The van der Waals surface area contributed by atoms with Gasteiger partial charge in [0.15, 0.2) is 0 Å². The molecule has 0 spiro atoms. The van der Waals surface area contributed by atoms with Gasteiger partial charge in [-0.15, -0.1) is 0 Å². The molecule has 2 N–H and O–H groups in total. The summed E-state index contributed by atoms with van der Waals surface area (Å²) in [7, 11) is 0. The van der Waals surface area contributed by atoms with Crippen molar-refractivity contribution in [3.63, 3.8) is 0 Å². The van der Waals surface area contributed by atoms with Gasteiger partial charge in [-0.05, 0) is 42.7 Å². The van der Waals surface area contributed by atoms with Gasteiger partial charge in [0.05, 0.1) is 6.54 Å². The third-order valence-corrected chi connectivity index (χ3v) is 4.24. The number of aryl methyl sites for hydroxylation is 2. The zero-order chi connectivity index (χ0) is 16.8. The number of anilines is 1. The fraction of sp³-hybridized carbons (Fsp3) is 0.222. The Hall–Kier alpha value is -2.34. The number of hydrogen-bond acceptors (Lipinski definition) is 3. The summed E-state index contributed by atoms with van der Waals surface area (Å²) < 4.78 is 2.53. The molecule has 1 heterocycles. The van der Waals surface area contributed by atoms with E-state index in [1.807, 2.05) is 42.5 Å². The zero-order valence-electron chi connectivity index (χ0n) is 13.2. The minimum Gasteiger partial charge on any atom is -0.378 e. The van der Waals surface area contributed by atoms with Crippen molar-refractivity contribution in [3.05, 3.63) is 80.9 Å². The first-order valence-electron chi connectivity index (χ1n) is 7.90. The lowest BCUT2D eigenvalue weighted by Gasteiger charge is -2.04. The molecule has 0 aliphatic rings. The largest absolute Gasteiger partial charge is 0.378 e. The number of rotatable bonds is 7. The lowest BCUT2D eigenvalue weighted by atomic mass is 10.1. The predicted octanol–water partition coefficient (Wildman–Crippen LogP) is 3.58. The summed E-state index contributed by atoms with van der Waals surface area (Å²) in [5.74, 6) is 0.641. The van der Waals surface area contributed by atoms with E-state index in [9.17, 15) is 4.79 Å². The van der Waals surface area contributed by atoms with E-state index in [4.69, 9.17) is 0 Å². The van der Waals surface area contributed by atoms with Crippen molar-refractivity contribution in [2.24, 2.45) is 0 Å². The highest BCUT2D eigenvalue weighted by Crippen LogP contribution is 2.14. The SMILES string of the molecule is O=c1[nH]c(CNc2ccc(Br)cc2)nn1CCCc1ccccc1. The zero-order valence-corrected chi connectivity index (χ0v) is 14.8. The number of halogens is 1. The first kappa shape index (κ1) is 16.5. The highest BCUT2D eigenvalue weighted by Gasteiger charge is 2.05. The molecule has 0 saturated carbocycles. The number of aromatic nitrogens is 3. The summed E-state index contributed by atoms with van der Waals surface area (Å²) in [6, 6.07) is 18.1. The van der Waals surface area contributed by atoms with Crippen LogP contribution in [-0.2, 0) is 19.5 Å². The van der Waals surface area contributed by atoms with E-state index in [0.29, 0.717) is 18.9 Å². The Balaban J connectivity index is 1.52. The van der Waals surface area contributed by atoms with Gasteiger partial charge in [0.2, 0.25) is 0 Å². The molecule has 0 aliphatic heterocycles. The second-order valence-corrected chi connectivity index (χ2v) is 6.47. The standard InChI is InChI=1S/C18H19BrN4O/c19-15-8-10-16(11-9-15)20-13-17-21-18(24)23(22-17)12-4-7-14-5-2-1-3-6-14/h1-3,5-6,8-11,20H,4,7,12-13H2,(H,21,22,24). The summed E-state index contributed by atoms with van der Waals surface area (Å²) in [4.78, 5) is 14.7. The molecule has 0 aliphatic carbocycles. The van der Waals surface area contributed by atoms with Crippen molar-refractivity contribution >= 4 is 21.6 Å². The fourth-order valence-electron chi connectivity index (χ4n) is 2.47. The lowest BCUT2D eigenvalue weighted by molar-refractivity contribution is 0.556. The molecule has 1 aromatic heterocycles. The third kappa shape index (κ3) is 4.58. The maximum atomic E-state index is 11.9. The van der Waals surface area contributed by atoms with Gasteiger partial charge in [-0.1, -0.05) is 46.3 Å². The molecule has 0 bridgehead atoms. The molecule has 3 rings (SSSR count). The van der Waals surface area contributed by atoms with Crippen LogP contribution >= 0.6 is 15.9 Å². The number of H-pyrrole nitrogens is 1. The van der Waals surface area contributed by atoms with Gasteiger partial charge < -0.3 is 5.32 Å². The van der Waals surface area contributed by atoms with E-state index in [1.54, 1.807) is 0 Å². The number of nitrogens with zero attached hydrogens (tertiary/aromatic N) is 2. The molecule has 0 atom stereocenters. The second-order valence-electron chi connectivity index (χ2n) is 5.55. The van der Waals surface area contributed by atoms with Crippen LogP contribution in [0.1, 0.15) is 17.8 Å². The van der Waals surface area contributed by atoms with Gasteiger partial charge in [0.1, 0.15) is 5.82 Å². The molecule has 124 valence electrons. The van der Waals surface area contributed by atoms with Crippen molar-refractivity contribution in [2.45, 2.75) is 25.9 Å². The summed E-state index contributed by atoms with van der Waals surface area (Å²) in [6.45, 7) is 1.10. The van der Waals surface area contributed by atoms with Crippen LogP contribution in [-0.4, -0.2) is 14.8 Å². The summed E-state index contributed by atoms with van der Waals surface area (Å²) in [5.41, 5.74) is 2.10. The highest BCUT2D eigenvalue weighted by atomic mass is 79.9. The molecule has 0 amide bonds. The molecule has 0 fully saturated rings. The Morgan fingerprint density at radius 1 is 1.08 bits per heavy atom. The Kier molecular flexibility index (Phi) is 5.48. The van der Waals surface area contributed by atoms with E-state index in [2.05, 4.69) is 43.5 Å². The van der Waals surface area contributed by atoms with E-state index in [-0.39, 0.29) is 5.69 Å². The first-order chi connectivity index (χ1) is 11.7. The van der Waals surface area contributed by atoms with Gasteiger partial charge in [0, 0.05) is 16.7 Å². The first-order valence-corrected chi connectivity index (χ1v) is 8.69. The molecule has 0 saturated heterocycles. The van der Waals surface area contributed by atoms with Crippen LogP contribution in [0, 0.1) is 0 Å². The molecule has 3 aromatic rings. The van der Waals surface area contributed by atoms with Gasteiger partial charge in [-0.3, -0.25) is 4.98 Å². The van der Waals surface area contributed by atoms with E-state index in [0.717, 1.165) is 23.0 Å². The molecule has 5 nitrogen and oxygen atoms in total. The van der Waals surface area contributed by atoms with Crippen molar-refractivity contribution in [3.8, 4) is 0 Å². The second kappa shape index (κ2) is 7.97. The minimum atomic E-state index is -0.157. The molecule has 2 aromatic carbocycles.